The highest BCUT2D eigenvalue weighted by Crippen LogP contribution is 2.27. The van der Waals surface area contributed by atoms with Crippen LogP contribution in [0.5, 0.6) is 0 Å². The first kappa shape index (κ1) is 19.3. The van der Waals surface area contributed by atoms with Crippen molar-refractivity contribution in [1.82, 2.24) is 25.2 Å². The number of carbonyl (C=O) groups excluding carboxylic acids is 2. The van der Waals surface area contributed by atoms with E-state index in [1.165, 1.54) is 0 Å². The highest BCUT2D eigenvalue weighted by Gasteiger charge is 2.44. The smallest absolute Gasteiger partial charge is 0.248 e. The summed E-state index contributed by atoms with van der Waals surface area (Å²) >= 11 is 0. The minimum atomic E-state index is -0.901. The first-order chi connectivity index (χ1) is 14.2. The van der Waals surface area contributed by atoms with Crippen LogP contribution >= 0.6 is 0 Å². The predicted molar refractivity (Wildman–Crippen MR) is 108 cm³/mol. The van der Waals surface area contributed by atoms with Crippen LogP contribution in [0.25, 0.3) is 0 Å². The Morgan fingerprint density at radius 2 is 1.86 bits per heavy atom. The van der Waals surface area contributed by atoms with Crippen molar-refractivity contribution in [3.05, 3.63) is 48.5 Å². The van der Waals surface area contributed by atoms with E-state index in [9.17, 15) is 9.59 Å². The van der Waals surface area contributed by atoms with Crippen molar-refractivity contribution >= 4 is 17.8 Å². The number of amides is 2. The zero-order valence-corrected chi connectivity index (χ0v) is 16.5. The minimum Gasteiger partial charge on any atom is -0.341 e. The minimum absolute atomic E-state index is 0.00485. The van der Waals surface area contributed by atoms with E-state index in [1.807, 2.05) is 17.0 Å². The Labute approximate surface area is 170 Å². The van der Waals surface area contributed by atoms with Crippen LogP contribution in [0.1, 0.15) is 31.2 Å². The molecule has 0 saturated carbocycles. The van der Waals surface area contributed by atoms with E-state index >= 15 is 0 Å². The SMILES string of the molecule is O=C1CCCCC(Cc2cccnc2)(C(=O)N2CCN(c3ncccn3)CC2)N1. The van der Waals surface area contributed by atoms with Gasteiger partial charge in [0.2, 0.25) is 17.8 Å². The second-order valence-electron chi connectivity index (χ2n) is 7.70. The molecule has 2 aromatic heterocycles. The third-order valence-electron chi connectivity index (χ3n) is 5.68. The topological polar surface area (TPSA) is 91.3 Å². The standard InChI is InChI=1S/C21H26N6O2/c28-18-6-1-2-7-21(25-18,15-17-5-3-8-22-16-17)19(29)26-11-13-27(14-12-26)20-23-9-4-10-24-20/h3-5,8-10,16H,1-2,6-7,11-15H2,(H,25,28). The molecule has 1 atom stereocenters. The lowest BCUT2D eigenvalue weighted by Crippen LogP contribution is -2.63. The zero-order valence-electron chi connectivity index (χ0n) is 16.5. The molecule has 4 rings (SSSR count). The molecule has 2 aliphatic rings. The summed E-state index contributed by atoms with van der Waals surface area (Å²) < 4.78 is 0. The van der Waals surface area contributed by atoms with Gasteiger partial charge in [-0.3, -0.25) is 14.6 Å². The fraction of sp³-hybridized carbons (Fsp3) is 0.476. The molecular formula is C21H26N6O2. The van der Waals surface area contributed by atoms with Gasteiger partial charge in [-0.05, 0) is 30.5 Å². The summed E-state index contributed by atoms with van der Waals surface area (Å²) in [4.78, 5) is 42.8. The van der Waals surface area contributed by atoms with E-state index in [1.54, 1.807) is 30.9 Å². The molecule has 2 aliphatic heterocycles. The number of nitrogens with zero attached hydrogens (tertiary/aromatic N) is 5. The predicted octanol–water partition coefficient (Wildman–Crippen LogP) is 1.19. The van der Waals surface area contributed by atoms with Gasteiger partial charge in [0, 0.05) is 63.8 Å². The van der Waals surface area contributed by atoms with Crippen molar-refractivity contribution in [3.8, 4) is 0 Å². The van der Waals surface area contributed by atoms with Gasteiger partial charge in [0.25, 0.3) is 0 Å². The number of aromatic nitrogens is 3. The van der Waals surface area contributed by atoms with Gasteiger partial charge in [-0.25, -0.2) is 9.97 Å². The van der Waals surface area contributed by atoms with Crippen LogP contribution in [-0.2, 0) is 16.0 Å². The van der Waals surface area contributed by atoms with E-state index < -0.39 is 5.54 Å². The van der Waals surface area contributed by atoms with Crippen LogP contribution in [-0.4, -0.2) is 63.4 Å². The number of pyridine rings is 1. The summed E-state index contributed by atoms with van der Waals surface area (Å²) in [7, 11) is 0. The molecule has 8 nitrogen and oxygen atoms in total. The monoisotopic (exact) mass is 394 g/mol. The highest BCUT2D eigenvalue weighted by molar-refractivity contribution is 5.92. The number of carbonyl (C=O) groups is 2. The van der Waals surface area contributed by atoms with Crippen LogP contribution < -0.4 is 10.2 Å². The van der Waals surface area contributed by atoms with Gasteiger partial charge in [-0.1, -0.05) is 12.5 Å². The first-order valence-corrected chi connectivity index (χ1v) is 10.2. The Bertz CT molecular complexity index is 839. The van der Waals surface area contributed by atoms with Crippen molar-refractivity contribution in [2.45, 2.75) is 37.6 Å². The number of piperazine rings is 1. The van der Waals surface area contributed by atoms with Crippen molar-refractivity contribution in [2.24, 2.45) is 0 Å². The lowest BCUT2D eigenvalue weighted by atomic mass is 9.85. The second kappa shape index (κ2) is 8.55. The number of hydrogen-bond acceptors (Lipinski definition) is 6. The summed E-state index contributed by atoms with van der Waals surface area (Å²) in [5, 5.41) is 3.08. The van der Waals surface area contributed by atoms with Crippen LogP contribution in [0.4, 0.5) is 5.95 Å². The fourth-order valence-corrected chi connectivity index (χ4v) is 4.19. The molecule has 29 heavy (non-hydrogen) atoms. The van der Waals surface area contributed by atoms with E-state index in [0.29, 0.717) is 51.4 Å². The third kappa shape index (κ3) is 4.36. The molecule has 2 fully saturated rings. The van der Waals surface area contributed by atoms with Gasteiger partial charge in [0.15, 0.2) is 0 Å². The van der Waals surface area contributed by atoms with Gasteiger partial charge in [0.05, 0.1) is 0 Å². The Morgan fingerprint density at radius 3 is 2.59 bits per heavy atom. The summed E-state index contributed by atoms with van der Waals surface area (Å²) in [6.45, 7) is 2.52. The Hall–Kier alpha value is -3.03. The number of hydrogen-bond donors (Lipinski definition) is 1. The van der Waals surface area contributed by atoms with Crippen molar-refractivity contribution in [3.63, 3.8) is 0 Å². The van der Waals surface area contributed by atoms with Gasteiger partial charge in [0.1, 0.15) is 5.54 Å². The summed E-state index contributed by atoms with van der Waals surface area (Å²) in [6.07, 6.45) is 10.2. The molecule has 8 heteroatoms. The van der Waals surface area contributed by atoms with E-state index in [-0.39, 0.29) is 11.8 Å². The van der Waals surface area contributed by atoms with Crippen molar-refractivity contribution in [1.29, 1.82) is 0 Å². The molecule has 2 aromatic rings. The lowest BCUT2D eigenvalue weighted by Gasteiger charge is -2.41. The van der Waals surface area contributed by atoms with Gasteiger partial charge in [-0.2, -0.15) is 0 Å². The molecule has 0 radical (unpaired) electrons. The average molecular weight is 394 g/mol. The molecule has 0 spiro atoms. The average Bonchev–Trinajstić information content (AvgIpc) is 2.96. The molecule has 4 heterocycles. The molecule has 1 unspecified atom stereocenters. The maximum atomic E-state index is 13.7. The van der Waals surface area contributed by atoms with Crippen LogP contribution in [0.15, 0.2) is 43.0 Å². The summed E-state index contributed by atoms with van der Waals surface area (Å²) in [5.74, 6) is 0.647. The fourth-order valence-electron chi connectivity index (χ4n) is 4.19. The zero-order chi connectivity index (χ0) is 20.1. The Morgan fingerprint density at radius 1 is 1.07 bits per heavy atom. The molecule has 2 amide bonds. The van der Waals surface area contributed by atoms with Gasteiger partial charge in [-0.15, -0.1) is 0 Å². The van der Waals surface area contributed by atoms with E-state index in [0.717, 1.165) is 18.4 Å². The molecule has 0 bridgehead atoms. The molecule has 0 aliphatic carbocycles. The quantitative estimate of drug-likeness (QED) is 0.838. The summed E-state index contributed by atoms with van der Waals surface area (Å²) in [5.41, 5.74) is 0.0570. The van der Waals surface area contributed by atoms with Crippen LogP contribution in [0.3, 0.4) is 0 Å². The normalized spacial score (nSPS) is 22.7. The van der Waals surface area contributed by atoms with Crippen LogP contribution in [0, 0.1) is 0 Å². The largest absolute Gasteiger partial charge is 0.341 e. The number of nitrogens with one attached hydrogen (secondary N) is 1. The van der Waals surface area contributed by atoms with Gasteiger partial charge >= 0.3 is 0 Å². The highest BCUT2D eigenvalue weighted by atomic mass is 16.2. The number of rotatable bonds is 4. The summed E-state index contributed by atoms with van der Waals surface area (Å²) in [6, 6.07) is 5.62. The van der Waals surface area contributed by atoms with Crippen molar-refractivity contribution in [2.75, 3.05) is 31.1 Å². The molecule has 1 N–H and O–H groups in total. The molecule has 0 aromatic carbocycles. The second-order valence-corrected chi connectivity index (χ2v) is 7.70. The van der Waals surface area contributed by atoms with Crippen LogP contribution in [0.2, 0.25) is 0 Å². The Kier molecular flexibility index (Phi) is 5.69. The third-order valence-corrected chi connectivity index (χ3v) is 5.68. The first-order valence-electron chi connectivity index (χ1n) is 10.2. The lowest BCUT2D eigenvalue weighted by molar-refractivity contribution is -0.142. The molecule has 2 saturated heterocycles. The van der Waals surface area contributed by atoms with Gasteiger partial charge < -0.3 is 15.1 Å². The van der Waals surface area contributed by atoms with E-state index in [2.05, 4.69) is 25.2 Å². The van der Waals surface area contributed by atoms with Crippen molar-refractivity contribution < 1.29 is 9.59 Å². The molecular weight excluding hydrogens is 368 g/mol. The number of anilines is 1. The molecule has 152 valence electrons. The Balaban J connectivity index is 1.51. The maximum absolute atomic E-state index is 13.7. The van der Waals surface area contributed by atoms with E-state index in [4.69, 9.17) is 0 Å². The maximum Gasteiger partial charge on any atom is 0.248 e.